The van der Waals surface area contributed by atoms with Crippen molar-refractivity contribution in [1.82, 2.24) is 19.8 Å². The molecular weight excluding hydrogens is 385 g/mol. The second kappa shape index (κ2) is 7.34. The van der Waals surface area contributed by atoms with Gasteiger partial charge in [-0.05, 0) is 43.5 Å². The highest BCUT2D eigenvalue weighted by atomic mass is 19.4. The molecule has 0 aliphatic carbocycles. The highest BCUT2D eigenvalue weighted by Crippen LogP contribution is 2.29. The number of hydrogen-bond acceptors (Lipinski definition) is 5. The Bertz CT molecular complexity index is 1040. The lowest BCUT2D eigenvalue weighted by molar-refractivity contribution is -0.146. The van der Waals surface area contributed by atoms with Crippen LogP contribution < -0.4 is 10.2 Å². The first-order valence-electron chi connectivity index (χ1n) is 9.24. The van der Waals surface area contributed by atoms with Gasteiger partial charge in [-0.2, -0.15) is 17.7 Å². The molecule has 2 aromatic heterocycles. The van der Waals surface area contributed by atoms with Gasteiger partial charge in [0.05, 0.1) is 0 Å². The number of hydrogen-bond donors (Lipinski definition) is 1. The second-order valence-electron chi connectivity index (χ2n) is 7.05. The zero-order valence-corrected chi connectivity index (χ0v) is 15.6. The summed E-state index contributed by atoms with van der Waals surface area (Å²) in [5, 5.41) is 13.7. The Labute approximate surface area is 164 Å². The fraction of sp³-hybridized carbons (Fsp3) is 0.368. The minimum Gasteiger partial charge on any atom is -0.355 e. The van der Waals surface area contributed by atoms with E-state index in [2.05, 4.69) is 20.6 Å². The van der Waals surface area contributed by atoms with Gasteiger partial charge < -0.3 is 10.2 Å². The summed E-state index contributed by atoms with van der Waals surface area (Å²) in [4.78, 5) is 14.4. The first kappa shape index (κ1) is 19.2. The van der Waals surface area contributed by atoms with Gasteiger partial charge in [-0.1, -0.05) is 18.2 Å². The van der Waals surface area contributed by atoms with Crippen LogP contribution in [0.2, 0.25) is 0 Å². The molecule has 1 amide bonds. The van der Waals surface area contributed by atoms with Gasteiger partial charge in [-0.15, -0.1) is 15.3 Å². The van der Waals surface area contributed by atoms with Crippen LogP contribution in [0, 0.1) is 12.8 Å². The van der Waals surface area contributed by atoms with Crippen molar-refractivity contribution in [2.75, 3.05) is 23.3 Å². The van der Waals surface area contributed by atoms with E-state index in [1.54, 1.807) is 6.07 Å². The first-order valence-corrected chi connectivity index (χ1v) is 9.24. The number of para-hydroxylation sites is 1. The van der Waals surface area contributed by atoms with E-state index in [1.165, 1.54) is 6.07 Å². The summed E-state index contributed by atoms with van der Waals surface area (Å²) in [5.74, 6) is -0.946. The molecule has 3 heterocycles. The van der Waals surface area contributed by atoms with Crippen LogP contribution >= 0.6 is 0 Å². The Balaban J connectivity index is 1.44. The van der Waals surface area contributed by atoms with Crippen molar-refractivity contribution >= 4 is 23.1 Å². The monoisotopic (exact) mass is 404 g/mol. The number of carbonyl (C=O) groups excluding carboxylic acids is 1. The molecule has 152 valence electrons. The van der Waals surface area contributed by atoms with Gasteiger partial charge in [-0.25, -0.2) is 0 Å². The molecule has 0 bridgehead atoms. The third-order valence-electron chi connectivity index (χ3n) is 5.09. The van der Waals surface area contributed by atoms with Crippen molar-refractivity contribution in [1.29, 1.82) is 0 Å². The maximum absolute atomic E-state index is 13.1. The average molecular weight is 404 g/mol. The highest BCUT2D eigenvalue weighted by Gasteiger charge is 2.38. The minimum atomic E-state index is -4.63. The maximum atomic E-state index is 13.1. The summed E-state index contributed by atoms with van der Waals surface area (Å²) in [6, 6.07) is 10.7. The van der Waals surface area contributed by atoms with E-state index in [1.807, 2.05) is 36.1 Å². The molecule has 0 unspecified atom stereocenters. The van der Waals surface area contributed by atoms with Crippen LogP contribution in [0.15, 0.2) is 36.4 Å². The molecule has 1 saturated heterocycles. The molecule has 7 nitrogen and oxygen atoms in total. The van der Waals surface area contributed by atoms with Gasteiger partial charge in [0.2, 0.25) is 5.91 Å². The lowest BCUT2D eigenvalue weighted by Crippen LogP contribution is -2.38. The number of anilines is 2. The second-order valence-corrected chi connectivity index (χ2v) is 7.05. The third-order valence-corrected chi connectivity index (χ3v) is 5.09. The predicted molar refractivity (Wildman–Crippen MR) is 101 cm³/mol. The zero-order valence-electron chi connectivity index (χ0n) is 15.6. The largest absolute Gasteiger partial charge is 0.453 e. The van der Waals surface area contributed by atoms with E-state index in [0.29, 0.717) is 36.3 Å². The summed E-state index contributed by atoms with van der Waals surface area (Å²) >= 11 is 0. The molecule has 0 atom stereocenters. The van der Waals surface area contributed by atoms with Gasteiger partial charge in [0, 0.05) is 24.7 Å². The molecule has 1 aliphatic rings. The molecule has 1 aromatic carbocycles. The molecule has 10 heteroatoms. The number of nitrogens with zero attached hydrogens (tertiary/aromatic N) is 5. The van der Waals surface area contributed by atoms with Gasteiger partial charge in [0.25, 0.3) is 5.82 Å². The Hall–Kier alpha value is -3.17. The summed E-state index contributed by atoms with van der Waals surface area (Å²) in [6.07, 6.45) is -3.46. The van der Waals surface area contributed by atoms with Crippen LogP contribution in [0.4, 0.5) is 24.7 Å². The number of nitrogens with one attached hydrogen (secondary N) is 1. The van der Waals surface area contributed by atoms with Crippen LogP contribution in [0.1, 0.15) is 24.2 Å². The van der Waals surface area contributed by atoms with E-state index >= 15 is 0 Å². The van der Waals surface area contributed by atoms with Crippen LogP contribution in [-0.2, 0) is 11.0 Å². The molecule has 1 aliphatic heterocycles. The molecule has 0 spiro atoms. The molecular formula is C19H19F3N6O. The van der Waals surface area contributed by atoms with Crippen molar-refractivity contribution in [3.05, 3.63) is 47.8 Å². The topological polar surface area (TPSA) is 75.4 Å². The smallest absolute Gasteiger partial charge is 0.355 e. The van der Waals surface area contributed by atoms with Crippen molar-refractivity contribution in [2.24, 2.45) is 5.92 Å². The SMILES string of the molecule is Cc1ccccc1NC(=O)C1CCN(c2ccc3nnc(C(F)(F)F)n3n2)CC1. The lowest BCUT2D eigenvalue weighted by Gasteiger charge is -2.32. The number of carbonyl (C=O) groups is 1. The number of benzene rings is 1. The molecule has 0 radical (unpaired) electrons. The number of amides is 1. The molecule has 4 rings (SSSR count). The van der Waals surface area contributed by atoms with E-state index in [4.69, 9.17) is 0 Å². The molecule has 1 N–H and O–H groups in total. The van der Waals surface area contributed by atoms with Gasteiger partial charge in [-0.3, -0.25) is 4.79 Å². The number of aryl methyl sites for hydroxylation is 1. The fourth-order valence-corrected chi connectivity index (χ4v) is 3.44. The predicted octanol–water partition coefficient (Wildman–Crippen LogP) is 3.31. The molecule has 29 heavy (non-hydrogen) atoms. The normalized spacial score (nSPS) is 15.7. The quantitative estimate of drug-likeness (QED) is 0.725. The molecule has 1 fully saturated rings. The number of fused-ring (bicyclic) bond motifs is 1. The van der Waals surface area contributed by atoms with Gasteiger partial charge in [0.15, 0.2) is 5.65 Å². The lowest BCUT2D eigenvalue weighted by atomic mass is 9.95. The van der Waals surface area contributed by atoms with Crippen molar-refractivity contribution < 1.29 is 18.0 Å². The maximum Gasteiger partial charge on any atom is 0.453 e. The number of aromatic nitrogens is 4. The summed E-state index contributed by atoms with van der Waals surface area (Å²) in [7, 11) is 0. The van der Waals surface area contributed by atoms with E-state index in [0.717, 1.165) is 11.3 Å². The fourth-order valence-electron chi connectivity index (χ4n) is 3.44. The number of piperidine rings is 1. The Morgan fingerprint density at radius 2 is 1.83 bits per heavy atom. The van der Waals surface area contributed by atoms with E-state index in [9.17, 15) is 18.0 Å². The summed E-state index contributed by atoms with van der Waals surface area (Å²) in [6.45, 7) is 2.97. The summed E-state index contributed by atoms with van der Waals surface area (Å²) in [5.41, 5.74) is 1.82. The Morgan fingerprint density at radius 1 is 1.10 bits per heavy atom. The average Bonchev–Trinajstić information content (AvgIpc) is 3.13. The highest BCUT2D eigenvalue weighted by molar-refractivity contribution is 5.93. The van der Waals surface area contributed by atoms with Crippen LogP contribution in [0.25, 0.3) is 5.65 Å². The summed E-state index contributed by atoms with van der Waals surface area (Å²) < 4.78 is 39.9. The molecule has 0 saturated carbocycles. The van der Waals surface area contributed by atoms with Crippen LogP contribution in [0.3, 0.4) is 0 Å². The Kier molecular flexibility index (Phi) is 4.85. The van der Waals surface area contributed by atoms with Crippen molar-refractivity contribution in [3.63, 3.8) is 0 Å². The third kappa shape index (κ3) is 3.87. The van der Waals surface area contributed by atoms with Crippen LogP contribution in [0.5, 0.6) is 0 Å². The van der Waals surface area contributed by atoms with Gasteiger partial charge in [0.1, 0.15) is 5.82 Å². The first-order chi connectivity index (χ1) is 13.8. The zero-order chi connectivity index (χ0) is 20.6. The van der Waals surface area contributed by atoms with Crippen molar-refractivity contribution in [2.45, 2.75) is 25.9 Å². The number of halogens is 3. The molecule has 3 aromatic rings. The van der Waals surface area contributed by atoms with E-state index < -0.39 is 12.0 Å². The van der Waals surface area contributed by atoms with Crippen molar-refractivity contribution in [3.8, 4) is 0 Å². The standard InChI is InChI=1S/C19H19F3N6O/c1-12-4-2-3-5-14(12)23-17(29)13-8-10-27(11-9-13)16-7-6-15-24-25-18(19(20,21)22)28(15)26-16/h2-7,13H,8-11H2,1H3,(H,23,29). The minimum absolute atomic E-state index is 0.0357. The van der Waals surface area contributed by atoms with E-state index in [-0.39, 0.29) is 17.5 Å². The number of rotatable bonds is 3. The number of alkyl halides is 3. The van der Waals surface area contributed by atoms with Crippen LogP contribution in [-0.4, -0.2) is 38.8 Å². The Morgan fingerprint density at radius 3 is 2.52 bits per heavy atom. The van der Waals surface area contributed by atoms with Gasteiger partial charge >= 0.3 is 6.18 Å².